The lowest BCUT2D eigenvalue weighted by Crippen LogP contribution is -2.31. The van der Waals surface area contributed by atoms with Crippen LogP contribution >= 0.6 is 11.3 Å². The van der Waals surface area contributed by atoms with E-state index in [2.05, 4.69) is 23.1 Å². The second-order valence-corrected chi connectivity index (χ2v) is 9.66. The van der Waals surface area contributed by atoms with Crippen LogP contribution < -0.4 is 15.0 Å². The van der Waals surface area contributed by atoms with Crippen LogP contribution in [0, 0.1) is 11.3 Å². The standard InChI is InChI=1S/C27H24N4O3S/c28-10-12-31-24(29-26-25(27(31)32)20(17-35-26)18-5-2-1-3-6-18)16-30-11-4-7-21(30)19-8-9-22-23(15-19)34-14-13-33-22/h1-3,5-6,8-9,15,17,21H,4,7,11-14,16H2/t21-/m1/s1. The molecule has 2 aliphatic heterocycles. The zero-order valence-corrected chi connectivity index (χ0v) is 20.0. The third-order valence-corrected chi connectivity index (χ3v) is 7.62. The van der Waals surface area contributed by atoms with Crippen LogP contribution in [0.4, 0.5) is 0 Å². The van der Waals surface area contributed by atoms with Crippen molar-refractivity contribution in [3.63, 3.8) is 0 Å². The zero-order valence-electron chi connectivity index (χ0n) is 19.1. The van der Waals surface area contributed by atoms with E-state index in [1.54, 1.807) is 4.57 Å². The maximum atomic E-state index is 13.6. The molecule has 35 heavy (non-hydrogen) atoms. The van der Waals surface area contributed by atoms with Crippen LogP contribution in [0.25, 0.3) is 21.3 Å². The average Bonchev–Trinajstić information content (AvgIpc) is 3.54. The van der Waals surface area contributed by atoms with E-state index in [-0.39, 0.29) is 18.1 Å². The van der Waals surface area contributed by atoms with E-state index in [1.165, 1.54) is 16.9 Å². The van der Waals surface area contributed by atoms with Crippen molar-refractivity contribution in [1.29, 1.82) is 5.26 Å². The summed E-state index contributed by atoms with van der Waals surface area (Å²) in [6.45, 7) is 2.51. The first kappa shape index (κ1) is 21.8. The van der Waals surface area contributed by atoms with Crippen molar-refractivity contribution in [2.75, 3.05) is 19.8 Å². The molecule has 0 N–H and O–H groups in total. The summed E-state index contributed by atoms with van der Waals surface area (Å²) in [7, 11) is 0. The van der Waals surface area contributed by atoms with Crippen LogP contribution in [0.2, 0.25) is 0 Å². The van der Waals surface area contributed by atoms with Gasteiger partial charge < -0.3 is 9.47 Å². The molecule has 0 spiro atoms. The van der Waals surface area contributed by atoms with Crippen molar-refractivity contribution < 1.29 is 9.47 Å². The molecular formula is C27H24N4O3S. The molecule has 1 atom stereocenters. The maximum absolute atomic E-state index is 13.6. The van der Waals surface area contributed by atoms with Crippen molar-refractivity contribution in [2.45, 2.75) is 32.0 Å². The number of nitriles is 1. The van der Waals surface area contributed by atoms with Gasteiger partial charge in [-0.2, -0.15) is 5.26 Å². The average molecular weight is 485 g/mol. The number of benzene rings is 2. The number of fused-ring (bicyclic) bond motifs is 2. The molecule has 2 aromatic carbocycles. The molecule has 4 heterocycles. The third kappa shape index (κ3) is 3.97. The smallest absolute Gasteiger partial charge is 0.263 e. The summed E-state index contributed by atoms with van der Waals surface area (Å²) in [4.78, 5) is 21.6. The Morgan fingerprint density at radius 1 is 1.11 bits per heavy atom. The van der Waals surface area contributed by atoms with Gasteiger partial charge in [-0.25, -0.2) is 4.98 Å². The molecule has 0 radical (unpaired) electrons. The van der Waals surface area contributed by atoms with E-state index in [0.717, 1.165) is 42.0 Å². The fourth-order valence-electron chi connectivity index (χ4n) is 5.09. The molecule has 0 amide bonds. The van der Waals surface area contributed by atoms with E-state index in [1.807, 2.05) is 41.8 Å². The van der Waals surface area contributed by atoms with Crippen LogP contribution in [0.5, 0.6) is 11.5 Å². The van der Waals surface area contributed by atoms with E-state index < -0.39 is 0 Å². The molecule has 4 aromatic rings. The van der Waals surface area contributed by atoms with Gasteiger partial charge in [-0.15, -0.1) is 11.3 Å². The molecular weight excluding hydrogens is 460 g/mol. The Morgan fingerprint density at radius 2 is 1.94 bits per heavy atom. The first-order valence-corrected chi connectivity index (χ1v) is 12.7. The summed E-state index contributed by atoms with van der Waals surface area (Å²) in [6, 6.07) is 18.4. The first-order chi connectivity index (χ1) is 17.2. The lowest BCUT2D eigenvalue weighted by Gasteiger charge is -2.27. The Hall–Kier alpha value is -3.67. The second kappa shape index (κ2) is 9.17. The van der Waals surface area contributed by atoms with E-state index >= 15 is 0 Å². The van der Waals surface area contributed by atoms with Gasteiger partial charge in [0, 0.05) is 17.0 Å². The number of nitrogens with zero attached hydrogens (tertiary/aromatic N) is 4. The highest BCUT2D eigenvalue weighted by molar-refractivity contribution is 7.17. The lowest BCUT2D eigenvalue weighted by molar-refractivity contribution is 0.170. The summed E-state index contributed by atoms with van der Waals surface area (Å²) in [6.07, 6.45) is 2.07. The molecule has 2 aromatic heterocycles. The molecule has 0 bridgehead atoms. The normalized spacial score (nSPS) is 17.5. The number of hydrogen-bond acceptors (Lipinski definition) is 7. The van der Waals surface area contributed by atoms with Crippen molar-refractivity contribution in [2.24, 2.45) is 0 Å². The molecule has 7 nitrogen and oxygen atoms in total. The predicted molar refractivity (Wildman–Crippen MR) is 135 cm³/mol. The summed E-state index contributed by atoms with van der Waals surface area (Å²) in [5.41, 5.74) is 2.87. The van der Waals surface area contributed by atoms with Gasteiger partial charge in [0.05, 0.1) is 18.0 Å². The van der Waals surface area contributed by atoms with Crippen molar-refractivity contribution in [3.8, 4) is 28.7 Å². The molecule has 0 aliphatic carbocycles. The number of rotatable bonds is 5. The van der Waals surface area contributed by atoms with Crippen molar-refractivity contribution in [3.05, 3.63) is 75.7 Å². The molecule has 1 saturated heterocycles. The molecule has 176 valence electrons. The minimum Gasteiger partial charge on any atom is -0.486 e. The topological polar surface area (TPSA) is 80.4 Å². The van der Waals surface area contributed by atoms with E-state index in [0.29, 0.717) is 35.8 Å². The maximum Gasteiger partial charge on any atom is 0.263 e. The predicted octanol–water partition coefficient (Wildman–Crippen LogP) is 4.76. The van der Waals surface area contributed by atoms with Crippen molar-refractivity contribution in [1.82, 2.24) is 14.5 Å². The van der Waals surface area contributed by atoms with Gasteiger partial charge in [-0.05, 0) is 42.6 Å². The van der Waals surface area contributed by atoms with Crippen LogP contribution in [0.3, 0.4) is 0 Å². The summed E-state index contributed by atoms with van der Waals surface area (Å²) < 4.78 is 13.0. The van der Waals surface area contributed by atoms with Gasteiger partial charge in [0.15, 0.2) is 11.5 Å². The molecule has 2 aliphatic rings. The number of hydrogen-bond donors (Lipinski definition) is 0. The van der Waals surface area contributed by atoms with E-state index in [4.69, 9.17) is 14.5 Å². The fraction of sp³-hybridized carbons (Fsp3) is 0.296. The Morgan fingerprint density at radius 3 is 2.77 bits per heavy atom. The molecule has 1 fully saturated rings. The Bertz CT molecular complexity index is 1490. The third-order valence-electron chi connectivity index (χ3n) is 6.75. The van der Waals surface area contributed by atoms with Crippen LogP contribution in [-0.2, 0) is 13.1 Å². The molecule has 6 rings (SSSR count). The Balaban J connectivity index is 1.37. The highest BCUT2D eigenvalue weighted by Crippen LogP contribution is 2.39. The Labute approximate surface area is 206 Å². The summed E-state index contributed by atoms with van der Waals surface area (Å²) >= 11 is 1.48. The lowest BCUT2D eigenvalue weighted by atomic mass is 10.0. The number of likely N-dealkylation sites (tertiary alicyclic amines) is 1. The molecule has 0 saturated carbocycles. The minimum atomic E-state index is -0.151. The van der Waals surface area contributed by atoms with Crippen LogP contribution in [0.1, 0.15) is 30.3 Å². The fourth-order valence-corrected chi connectivity index (χ4v) is 6.05. The number of ether oxygens (including phenoxy) is 2. The second-order valence-electron chi connectivity index (χ2n) is 8.80. The van der Waals surface area contributed by atoms with Crippen LogP contribution in [-0.4, -0.2) is 34.2 Å². The van der Waals surface area contributed by atoms with Gasteiger partial charge in [0.2, 0.25) is 0 Å². The minimum absolute atomic E-state index is 0.0241. The van der Waals surface area contributed by atoms with E-state index in [9.17, 15) is 10.1 Å². The summed E-state index contributed by atoms with van der Waals surface area (Å²) in [5, 5.41) is 12.1. The highest BCUT2D eigenvalue weighted by Gasteiger charge is 2.29. The summed E-state index contributed by atoms with van der Waals surface area (Å²) in [5.74, 6) is 2.20. The largest absolute Gasteiger partial charge is 0.486 e. The Kier molecular flexibility index (Phi) is 5.72. The van der Waals surface area contributed by atoms with Crippen molar-refractivity contribution >= 4 is 21.6 Å². The van der Waals surface area contributed by atoms with Gasteiger partial charge in [-0.3, -0.25) is 14.3 Å². The molecule has 0 unspecified atom stereocenters. The quantitative estimate of drug-likeness (QED) is 0.406. The van der Waals surface area contributed by atoms with Crippen LogP contribution in [0.15, 0.2) is 58.7 Å². The first-order valence-electron chi connectivity index (χ1n) is 11.8. The zero-order chi connectivity index (χ0) is 23.8. The number of thiophene rings is 1. The monoisotopic (exact) mass is 484 g/mol. The van der Waals surface area contributed by atoms with Gasteiger partial charge in [-0.1, -0.05) is 36.4 Å². The number of aromatic nitrogens is 2. The SMILES string of the molecule is N#CCn1c(CN2CCC[C@@H]2c2ccc3c(c2)OCCO3)nc2scc(-c3ccccc3)c2c1=O. The van der Waals surface area contributed by atoms with Gasteiger partial charge >= 0.3 is 0 Å². The van der Waals surface area contributed by atoms with Gasteiger partial charge in [0.25, 0.3) is 5.56 Å². The highest BCUT2D eigenvalue weighted by atomic mass is 32.1. The molecule has 8 heteroatoms. The van der Waals surface area contributed by atoms with Gasteiger partial charge in [0.1, 0.15) is 30.4 Å².